The third-order valence-electron chi connectivity index (χ3n) is 4.15. The first-order valence-corrected chi connectivity index (χ1v) is 7.99. The number of hydrogen-bond donors (Lipinski definition) is 1. The van der Waals surface area contributed by atoms with E-state index in [1.165, 1.54) is 0 Å². The maximum Gasteiger partial charge on any atom is 0.219 e. The molecule has 6 heteroatoms. The van der Waals surface area contributed by atoms with Gasteiger partial charge in [-0.05, 0) is 29.8 Å². The summed E-state index contributed by atoms with van der Waals surface area (Å²) in [5, 5.41) is 10.6. The fraction of sp³-hybridized carbons (Fsp3) is 0.100. The molecule has 0 radical (unpaired) electrons. The highest BCUT2D eigenvalue weighted by Crippen LogP contribution is 2.25. The molecule has 0 bridgehead atoms. The van der Waals surface area contributed by atoms with Crippen LogP contribution in [0.2, 0.25) is 0 Å². The lowest BCUT2D eigenvalue weighted by Crippen LogP contribution is -1.91. The van der Waals surface area contributed by atoms with Gasteiger partial charge in [0, 0.05) is 18.2 Å². The van der Waals surface area contributed by atoms with Crippen molar-refractivity contribution in [2.75, 3.05) is 7.11 Å². The first kappa shape index (κ1) is 17.8. The van der Waals surface area contributed by atoms with Crippen molar-refractivity contribution in [2.45, 2.75) is 6.42 Å². The number of fused-ring (bicyclic) bond motifs is 1. The Morgan fingerprint density at radius 1 is 1.04 bits per heavy atom. The van der Waals surface area contributed by atoms with Crippen LogP contribution in [0.3, 0.4) is 0 Å². The molecule has 1 N–H and O–H groups in total. The zero-order valence-electron chi connectivity index (χ0n) is 14.2. The molecule has 26 heavy (non-hydrogen) atoms. The number of imidazole rings is 1. The molecule has 2 heterocycles. The van der Waals surface area contributed by atoms with Crippen molar-refractivity contribution in [2.24, 2.45) is 0 Å². The van der Waals surface area contributed by atoms with Crippen LogP contribution in [0.15, 0.2) is 67.0 Å². The minimum Gasteiger partial charge on any atom is -0.497 e. The van der Waals surface area contributed by atoms with Gasteiger partial charge in [-0.3, -0.25) is 9.38 Å². The number of ether oxygens (including phenoxy) is 1. The fourth-order valence-electron chi connectivity index (χ4n) is 2.81. The van der Waals surface area contributed by atoms with Crippen LogP contribution in [0.25, 0.3) is 16.9 Å². The molecule has 0 saturated heterocycles. The van der Waals surface area contributed by atoms with Gasteiger partial charge in [0.05, 0.1) is 19.0 Å². The lowest BCUT2D eigenvalue weighted by Gasteiger charge is -2.04. The van der Waals surface area contributed by atoms with Gasteiger partial charge in [0.15, 0.2) is 5.65 Å². The number of rotatable bonds is 4. The Kier molecular flexibility index (Phi) is 5.09. The summed E-state index contributed by atoms with van der Waals surface area (Å²) in [6.07, 6.45) is 4.05. The monoisotopic (exact) mass is 367 g/mol. The third-order valence-corrected chi connectivity index (χ3v) is 4.15. The summed E-state index contributed by atoms with van der Waals surface area (Å²) in [7, 11) is 1.64. The minimum atomic E-state index is 0. The van der Waals surface area contributed by atoms with E-state index in [0.29, 0.717) is 17.8 Å². The Morgan fingerprint density at radius 2 is 1.77 bits per heavy atom. The van der Waals surface area contributed by atoms with Crippen LogP contribution in [0.4, 0.5) is 0 Å². The largest absolute Gasteiger partial charge is 0.497 e. The first-order chi connectivity index (χ1) is 12.2. The average molecular weight is 368 g/mol. The van der Waals surface area contributed by atoms with Gasteiger partial charge in [0.1, 0.15) is 11.4 Å². The average Bonchev–Trinajstić information content (AvgIpc) is 2.98. The number of hydrogen-bond acceptors (Lipinski definition) is 4. The van der Waals surface area contributed by atoms with E-state index < -0.39 is 0 Å². The molecule has 0 aliphatic carbocycles. The molecular weight excluding hydrogens is 350 g/mol. The van der Waals surface area contributed by atoms with E-state index >= 15 is 0 Å². The molecule has 0 amide bonds. The van der Waals surface area contributed by atoms with Crippen LogP contribution in [0.5, 0.6) is 11.6 Å². The second-order valence-electron chi connectivity index (χ2n) is 5.77. The zero-order chi connectivity index (χ0) is 17.2. The summed E-state index contributed by atoms with van der Waals surface area (Å²) < 4.78 is 6.85. The summed E-state index contributed by atoms with van der Waals surface area (Å²) >= 11 is 0. The van der Waals surface area contributed by atoms with Crippen molar-refractivity contribution in [1.29, 1.82) is 0 Å². The summed E-state index contributed by atoms with van der Waals surface area (Å²) in [5.74, 6) is 0.941. The van der Waals surface area contributed by atoms with Gasteiger partial charge in [0.2, 0.25) is 5.88 Å². The quantitative estimate of drug-likeness (QED) is 0.589. The molecule has 0 atom stereocenters. The van der Waals surface area contributed by atoms with Crippen molar-refractivity contribution in [3.05, 3.63) is 78.2 Å². The minimum absolute atomic E-state index is 0. The Balaban J connectivity index is 0.00000196. The van der Waals surface area contributed by atoms with E-state index in [0.717, 1.165) is 22.6 Å². The smallest absolute Gasteiger partial charge is 0.219 e. The summed E-state index contributed by atoms with van der Waals surface area (Å²) in [5.41, 5.74) is 4.07. The van der Waals surface area contributed by atoms with Gasteiger partial charge in [-0.2, -0.15) is 0 Å². The van der Waals surface area contributed by atoms with Gasteiger partial charge in [-0.25, -0.2) is 4.98 Å². The molecule has 4 rings (SSSR count). The van der Waals surface area contributed by atoms with Gasteiger partial charge in [-0.1, -0.05) is 30.3 Å². The van der Waals surface area contributed by atoms with Gasteiger partial charge < -0.3 is 9.84 Å². The second kappa shape index (κ2) is 7.45. The Hall–Kier alpha value is -3.05. The molecule has 0 fully saturated rings. The highest BCUT2D eigenvalue weighted by Gasteiger charge is 2.13. The number of halogens is 1. The molecule has 2 aromatic heterocycles. The zero-order valence-corrected chi connectivity index (χ0v) is 15.0. The van der Waals surface area contributed by atoms with Crippen molar-refractivity contribution < 1.29 is 9.84 Å². The van der Waals surface area contributed by atoms with E-state index in [1.54, 1.807) is 23.9 Å². The van der Waals surface area contributed by atoms with Gasteiger partial charge >= 0.3 is 0 Å². The lowest BCUT2D eigenvalue weighted by atomic mass is 10.1. The van der Waals surface area contributed by atoms with E-state index in [1.807, 2.05) is 54.6 Å². The third kappa shape index (κ3) is 3.34. The fourth-order valence-corrected chi connectivity index (χ4v) is 2.81. The van der Waals surface area contributed by atoms with E-state index in [4.69, 9.17) is 4.74 Å². The van der Waals surface area contributed by atoms with Crippen molar-refractivity contribution >= 4 is 18.1 Å². The maximum absolute atomic E-state index is 10.6. The van der Waals surface area contributed by atoms with Crippen LogP contribution >= 0.6 is 12.4 Å². The number of benzene rings is 2. The number of aromatic nitrogens is 3. The summed E-state index contributed by atoms with van der Waals surface area (Å²) in [4.78, 5) is 8.96. The molecule has 2 aromatic carbocycles. The van der Waals surface area contributed by atoms with Crippen LogP contribution in [-0.4, -0.2) is 26.6 Å². The predicted octanol–water partition coefficient (Wildman–Crippen LogP) is 4.12. The molecule has 4 aromatic rings. The standard InChI is InChI=1S/C20H17N3O2.ClH/c1-25-16-9-7-15(8-10-16)18-13-23-19(12-21-18)22-17(20(23)24)11-14-5-3-2-4-6-14;/h2-10,12-13,24H,11H2,1H3;1H. The van der Waals surface area contributed by atoms with Crippen LogP contribution in [-0.2, 0) is 6.42 Å². The summed E-state index contributed by atoms with van der Waals surface area (Å²) in [6.45, 7) is 0. The molecule has 0 aliphatic heterocycles. The van der Waals surface area contributed by atoms with Crippen molar-refractivity contribution in [1.82, 2.24) is 14.4 Å². The SMILES string of the molecule is COc1ccc(-c2cn3c(O)c(Cc4ccccc4)nc3cn2)cc1.Cl. The molecule has 0 aliphatic rings. The Labute approximate surface area is 157 Å². The number of methoxy groups -OCH3 is 1. The number of nitrogens with zero attached hydrogens (tertiary/aromatic N) is 3. The van der Waals surface area contributed by atoms with E-state index in [9.17, 15) is 5.11 Å². The van der Waals surface area contributed by atoms with Crippen LogP contribution < -0.4 is 4.74 Å². The second-order valence-corrected chi connectivity index (χ2v) is 5.77. The van der Waals surface area contributed by atoms with Crippen molar-refractivity contribution in [3.63, 3.8) is 0 Å². The Bertz CT molecular complexity index is 1010. The van der Waals surface area contributed by atoms with Crippen molar-refractivity contribution in [3.8, 4) is 22.9 Å². The van der Waals surface area contributed by atoms with E-state index in [-0.39, 0.29) is 18.3 Å². The van der Waals surface area contributed by atoms with Gasteiger partial charge in [0.25, 0.3) is 0 Å². The first-order valence-electron chi connectivity index (χ1n) is 7.99. The molecule has 5 nitrogen and oxygen atoms in total. The molecular formula is C20H18ClN3O2. The number of aromatic hydroxyl groups is 1. The normalized spacial score (nSPS) is 10.5. The Morgan fingerprint density at radius 3 is 2.46 bits per heavy atom. The highest BCUT2D eigenvalue weighted by atomic mass is 35.5. The lowest BCUT2D eigenvalue weighted by molar-refractivity contribution is 0.415. The highest BCUT2D eigenvalue weighted by molar-refractivity contribution is 5.85. The summed E-state index contributed by atoms with van der Waals surface area (Å²) in [6, 6.07) is 17.6. The van der Waals surface area contributed by atoms with E-state index in [2.05, 4.69) is 9.97 Å². The van der Waals surface area contributed by atoms with Crippen LogP contribution in [0, 0.1) is 0 Å². The molecule has 0 spiro atoms. The molecule has 0 unspecified atom stereocenters. The topological polar surface area (TPSA) is 59.7 Å². The molecule has 0 saturated carbocycles. The predicted molar refractivity (Wildman–Crippen MR) is 103 cm³/mol. The molecule has 132 valence electrons. The maximum atomic E-state index is 10.6. The van der Waals surface area contributed by atoms with Crippen LogP contribution in [0.1, 0.15) is 11.3 Å². The van der Waals surface area contributed by atoms with Gasteiger partial charge in [-0.15, -0.1) is 12.4 Å².